The molecule has 1 radical (unpaired) electrons. The van der Waals surface area contributed by atoms with E-state index in [1.165, 1.54) is 13.4 Å². The highest BCUT2D eigenvalue weighted by Gasteiger charge is 1.52. The molecule has 1 nitrogen and oxygen atoms in total. The van der Waals surface area contributed by atoms with Gasteiger partial charge in [0.15, 0.2) is 0 Å². The van der Waals surface area contributed by atoms with Gasteiger partial charge in [-0.1, -0.05) is 0 Å². The molecule has 0 bridgehead atoms. The van der Waals surface area contributed by atoms with Gasteiger partial charge in [0, 0.05) is 0 Å². The lowest BCUT2D eigenvalue weighted by Gasteiger charge is -1.54. The first kappa shape index (κ1) is 3.76. The predicted octanol–water partition coefficient (Wildman–Crippen LogP) is -0.292. The van der Waals surface area contributed by atoms with Gasteiger partial charge in [0.2, 0.25) is 7.41 Å². The second-order valence-corrected chi connectivity index (χ2v) is 0.428. The molecule has 0 atom stereocenters. The van der Waals surface area contributed by atoms with Gasteiger partial charge < -0.3 is 5.64 Å². The van der Waals surface area contributed by atoms with Crippen molar-refractivity contribution >= 4 is 7.41 Å². The summed E-state index contributed by atoms with van der Waals surface area (Å²) in [6.45, 7) is 3.30. The topological polar surface area (TPSA) is 26.0 Å². The molecule has 0 rings (SSSR count). The van der Waals surface area contributed by atoms with Crippen LogP contribution in [0.2, 0.25) is 0 Å². The molecule has 0 aromatic heterocycles. The normalized spacial score (nSPS) is 5.25. The summed E-state index contributed by atoms with van der Waals surface area (Å²) in [7, 11) is 1.39. The summed E-state index contributed by atoms with van der Waals surface area (Å²) in [5, 5.41) is 0. The number of hydrogen-bond donors (Lipinski definition) is 1. The Hall–Kier alpha value is -0.235. The van der Waals surface area contributed by atoms with Crippen LogP contribution >= 0.6 is 0 Å². The van der Waals surface area contributed by atoms with Crippen LogP contribution in [-0.2, 0) is 0 Å². The maximum absolute atomic E-state index is 4.78. The van der Waals surface area contributed by atoms with Crippen molar-refractivity contribution < 1.29 is 0 Å². The molecule has 0 aliphatic heterocycles. The van der Waals surface area contributed by atoms with Crippen LogP contribution in [0.25, 0.3) is 0 Å². The van der Waals surface area contributed by atoms with Gasteiger partial charge in [-0.3, -0.25) is 0 Å². The highest BCUT2D eigenvalue weighted by molar-refractivity contribution is 6.37. The number of hydrogen-bond acceptors (Lipinski definition) is 1. The van der Waals surface area contributed by atoms with E-state index in [0.29, 0.717) is 0 Å². The van der Waals surface area contributed by atoms with Crippen LogP contribution < -0.4 is 5.64 Å². The fraction of sp³-hybridized carbons (Fsp3) is 0. The van der Waals surface area contributed by atoms with E-state index in [4.69, 9.17) is 5.64 Å². The van der Waals surface area contributed by atoms with Crippen molar-refractivity contribution in [3.8, 4) is 0 Å². The zero-order chi connectivity index (χ0) is 3.41. The minimum absolute atomic E-state index is 1.39. The van der Waals surface area contributed by atoms with Crippen LogP contribution in [0.5, 0.6) is 0 Å². The molecular formula is C2H5BN. The van der Waals surface area contributed by atoms with Crippen LogP contribution in [0.3, 0.4) is 0 Å². The Morgan fingerprint density at radius 3 is 2.25 bits per heavy atom. The van der Waals surface area contributed by atoms with E-state index in [9.17, 15) is 0 Å². The quantitative estimate of drug-likeness (QED) is 0.409. The third-order valence-corrected chi connectivity index (χ3v) is 0.136. The minimum atomic E-state index is 1.39. The third-order valence-electron chi connectivity index (χ3n) is 0.136. The summed E-state index contributed by atoms with van der Waals surface area (Å²) >= 11 is 0. The smallest absolute Gasteiger partial charge is 0.233 e. The van der Waals surface area contributed by atoms with Crippen molar-refractivity contribution in [1.82, 2.24) is 0 Å². The van der Waals surface area contributed by atoms with Gasteiger partial charge in [0.1, 0.15) is 0 Å². The summed E-state index contributed by atoms with van der Waals surface area (Å²) in [6, 6.07) is 0. The van der Waals surface area contributed by atoms with Crippen molar-refractivity contribution in [2.24, 2.45) is 5.64 Å². The highest BCUT2D eigenvalue weighted by Crippen LogP contribution is 1.34. The standard InChI is InChI=1S/C2H5BN/c1-2-3-4/h2H,1,4H2. The van der Waals surface area contributed by atoms with Crippen LogP contribution in [-0.4, -0.2) is 7.41 Å². The van der Waals surface area contributed by atoms with Crippen LogP contribution in [0, 0.1) is 0 Å². The van der Waals surface area contributed by atoms with Crippen LogP contribution in [0.1, 0.15) is 0 Å². The van der Waals surface area contributed by atoms with E-state index in [-0.39, 0.29) is 0 Å². The fourth-order valence-electron chi connectivity index (χ4n) is 0. The monoisotopic (exact) mass is 54.1 g/mol. The molecule has 0 heterocycles. The molecule has 0 aliphatic carbocycles. The molecule has 0 aromatic carbocycles. The predicted molar refractivity (Wildman–Crippen MR) is 20.1 cm³/mol. The van der Waals surface area contributed by atoms with Crippen LogP contribution in [0.4, 0.5) is 0 Å². The summed E-state index contributed by atoms with van der Waals surface area (Å²) < 4.78 is 0. The number of nitrogens with two attached hydrogens (primary N) is 1. The molecule has 0 spiro atoms. The Balaban J connectivity index is 2.30. The Morgan fingerprint density at radius 2 is 2.25 bits per heavy atom. The van der Waals surface area contributed by atoms with Crippen molar-refractivity contribution in [2.75, 3.05) is 0 Å². The Morgan fingerprint density at radius 1 is 2.00 bits per heavy atom. The first-order valence-electron chi connectivity index (χ1n) is 1.07. The lowest BCUT2D eigenvalue weighted by molar-refractivity contribution is 1.93. The maximum Gasteiger partial charge on any atom is 0.233 e. The van der Waals surface area contributed by atoms with Gasteiger partial charge in [-0.05, 0) is 0 Å². The van der Waals surface area contributed by atoms with E-state index in [1.807, 2.05) is 0 Å². The van der Waals surface area contributed by atoms with Gasteiger partial charge >= 0.3 is 0 Å². The Labute approximate surface area is 26.8 Å². The van der Waals surface area contributed by atoms with Crippen molar-refractivity contribution in [3.63, 3.8) is 0 Å². The third kappa shape index (κ3) is 1.76. The molecule has 0 unspecified atom stereocenters. The number of rotatable bonds is 1. The molecule has 0 fully saturated rings. The summed E-state index contributed by atoms with van der Waals surface area (Å²) in [4.78, 5) is 0. The lowest BCUT2D eigenvalue weighted by atomic mass is 10.00. The molecule has 0 amide bonds. The molecule has 2 N–H and O–H groups in total. The molecule has 21 valence electrons. The van der Waals surface area contributed by atoms with E-state index >= 15 is 0 Å². The fourth-order valence-corrected chi connectivity index (χ4v) is 0. The summed E-state index contributed by atoms with van der Waals surface area (Å²) in [6.07, 6.45) is 0. The lowest BCUT2D eigenvalue weighted by Crippen LogP contribution is -1.97. The first-order valence-corrected chi connectivity index (χ1v) is 1.07. The Kier molecular flexibility index (Phi) is 2.60. The average molecular weight is 53.9 g/mol. The zero-order valence-electron chi connectivity index (χ0n) is 2.44. The van der Waals surface area contributed by atoms with Crippen molar-refractivity contribution in [3.05, 3.63) is 12.6 Å². The Bertz CT molecular complexity index is 20.0. The average Bonchev–Trinajstić information content (AvgIpc) is 1.37. The molecular weight excluding hydrogens is 48.8 g/mol. The summed E-state index contributed by atoms with van der Waals surface area (Å²) in [5.41, 5.74) is 4.78. The summed E-state index contributed by atoms with van der Waals surface area (Å²) in [5.74, 6) is 1.53. The van der Waals surface area contributed by atoms with Gasteiger partial charge in [-0.15, -0.1) is 12.6 Å². The van der Waals surface area contributed by atoms with E-state index in [0.717, 1.165) is 0 Å². The van der Waals surface area contributed by atoms with Gasteiger partial charge in [0.05, 0.1) is 0 Å². The molecule has 0 saturated heterocycles. The minimum Gasteiger partial charge on any atom is -0.371 e. The first-order chi connectivity index (χ1) is 1.91. The SMILES string of the molecule is C=C[B]N. The van der Waals surface area contributed by atoms with Gasteiger partial charge in [-0.2, -0.15) is 0 Å². The van der Waals surface area contributed by atoms with E-state index in [2.05, 4.69) is 6.58 Å². The van der Waals surface area contributed by atoms with E-state index in [1.54, 1.807) is 0 Å². The van der Waals surface area contributed by atoms with Crippen molar-refractivity contribution in [2.45, 2.75) is 0 Å². The largest absolute Gasteiger partial charge is 0.371 e. The highest BCUT2D eigenvalue weighted by atomic mass is 14.3. The van der Waals surface area contributed by atoms with Crippen LogP contribution in [0.15, 0.2) is 12.6 Å². The zero-order valence-corrected chi connectivity index (χ0v) is 2.44. The van der Waals surface area contributed by atoms with Crippen molar-refractivity contribution in [1.29, 1.82) is 0 Å². The van der Waals surface area contributed by atoms with Gasteiger partial charge in [0.25, 0.3) is 0 Å². The molecule has 4 heavy (non-hydrogen) atoms. The van der Waals surface area contributed by atoms with E-state index < -0.39 is 0 Å². The second kappa shape index (κ2) is 2.76. The van der Waals surface area contributed by atoms with Gasteiger partial charge in [-0.25, -0.2) is 0 Å². The molecule has 0 aromatic rings. The molecule has 0 aliphatic rings. The maximum atomic E-state index is 4.78. The molecule has 0 saturated carbocycles. The molecule has 2 heteroatoms. The second-order valence-electron chi connectivity index (χ2n) is 0.428.